The maximum atomic E-state index is 10.9. The average Bonchev–Trinajstić information content (AvgIpc) is 2.51. The van der Waals surface area contributed by atoms with Gasteiger partial charge in [0.05, 0.1) is 6.54 Å². The summed E-state index contributed by atoms with van der Waals surface area (Å²) >= 11 is 4.08. The van der Waals surface area contributed by atoms with Crippen LogP contribution in [0.25, 0.3) is 0 Å². The van der Waals surface area contributed by atoms with E-state index in [-0.39, 0.29) is 18.6 Å². The standard InChI is InChI=1S/C12H17NO2.C6H6S/c1-9-3-5-11(6-4-9)7-10(2)15-12(14)8-13;7-6-4-2-1-3-5-6/h3-6,10H,7-8,13H2,1-2H3;1-5,7H. The molecular weight excluding hydrogens is 294 g/mol. The molecule has 1 unspecified atom stereocenters. The Hall–Kier alpha value is -1.78. The van der Waals surface area contributed by atoms with E-state index in [2.05, 4.69) is 12.6 Å². The molecule has 0 saturated heterocycles. The van der Waals surface area contributed by atoms with Crippen LogP contribution in [0.5, 0.6) is 0 Å². The Bertz CT molecular complexity index is 555. The van der Waals surface area contributed by atoms with E-state index in [9.17, 15) is 4.79 Å². The molecule has 2 aromatic carbocycles. The molecular formula is C18H23NO2S. The van der Waals surface area contributed by atoms with Crippen molar-refractivity contribution in [3.05, 3.63) is 65.7 Å². The molecule has 0 heterocycles. The van der Waals surface area contributed by atoms with Crippen LogP contribution in [-0.2, 0) is 16.0 Å². The third kappa shape index (κ3) is 7.86. The van der Waals surface area contributed by atoms with Crippen LogP contribution >= 0.6 is 12.6 Å². The Morgan fingerprint density at radius 1 is 1.14 bits per heavy atom. The lowest BCUT2D eigenvalue weighted by atomic mass is 10.1. The summed E-state index contributed by atoms with van der Waals surface area (Å²) < 4.78 is 5.07. The van der Waals surface area contributed by atoms with Crippen LogP contribution in [0, 0.1) is 6.92 Å². The van der Waals surface area contributed by atoms with Gasteiger partial charge in [0, 0.05) is 11.3 Å². The molecule has 0 spiro atoms. The maximum Gasteiger partial charge on any atom is 0.319 e. The summed E-state index contributed by atoms with van der Waals surface area (Å²) in [4.78, 5) is 11.9. The molecule has 2 rings (SSSR count). The Labute approximate surface area is 137 Å². The summed E-state index contributed by atoms with van der Waals surface area (Å²) in [5.41, 5.74) is 7.55. The zero-order chi connectivity index (χ0) is 16.4. The number of ether oxygens (including phenoxy) is 1. The van der Waals surface area contributed by atoms with Crippen molar-refractivity contribution in [2.24, 2.45) is 5.73 Å². The number of thiol groups is 1. The van der Waals surface area contributed by atoms with Crippen molar-refractivity contribution in [1.82, 2.24) is 0 Å². The zero-order valence-corrected chi connectivity index (χ0v) is 13.9. The first-order valence-corrected chi connectivity index (χ1v) is 7.65. The zero-order valence-electron chi connectivity index (χ0n) is 13.0. The number of hydrogen-bond acceptors (Lipinski definition) is 4. The van der Waals surface area contributed by atoms with Crippen LogP contribution in [0.1, 0.15) is 18.1 Å². The van der Waals surface area contributed by atoms with E-state index in [1.165, 1.54) is 5.56 Å². The Morgan fingerprint density at radius 3 is 2.18 bits per heavy atom. The molecule has 118 valence electrons. The van der Waals surface area contributed by atoms with E-state index in [4.69, 9.17) is 10.5 Å². The average molecular weight is 317 g/mol. The largest absolute Gasteiger partial charge is 0.461 e. The van der Waals surface area contributed by atoms with Crippen molar-refractivity contribution in [2.75, 3.05) is 6.54 Å². The number of nitrogens with two attached hydrogens (primary N) is 1. The van der Waals surface area contributed by atoms with Crippen molar-refractivity contribution in [3.8, 4) is 0 Å². The molecule has 0 radical (unpaired) electrons. The van der Waals surface area contributed by atoms with Gasteiger partial charge in [0.2, 0.25) is 0 Å². The Morgan fingerprint density at radius 2 is 1.73 bits per heavy atom. The number of benzene rings is 2. The van der Waals surface area contributed by atoms with Crippen LogP contribution in [0.2, 0.25) is 0 Å². The van der Waals surface area contributed by atoms with Gasteiger partial charge in [0.15, 0.2) is 0 Å². The van der Waals surface area contributed by atoms with E-state index in [0.717, 1.165) is 16.9 Å². The van der Waals surface area contributed by atoms with Gasteiger partial charge in [-0.25, -0.2) is 0 Å². The molecule has 0 bridgehead atoms. The minimum atomic E-state index is -0.352. The van der Waals surface area contributed by atoms with Gasteiger partial charge in [-0.1, -0.05) is 48.0 Å². The summed E-state index contributed by atoms with van der Waals surface area (Å²) in [7, 11) is 0. The molecule has 2 aromatic rings. The van der Waals surface area contributed by atoms with Crippen molar-refractivity contribution < 1.29 is 9.53 Å². The van der Waals surface area contributed by atoms with Gasteiger partial charge >= 0.3 is 5.97 Å². The van der Waals surface area contributed by atoms with Gasteiger partial charge in [-0.2, -0.15) is 0 Å². The summed E-state index contributed by atoms with van der Waals surface area (Å²) in [5, 5.41) is 0. The number of hydrogen-bond donors (Lipinski definition) is 2. The topological polar surface area (TPSA) is 52.3 Å². The molecule has 0 saturated carbocycles. The molecule has 0 aliphatic carbocycles. The second-order valence-corrected chi connectivity index (χ2v) is 5.55. The first kappa shape index (κ1) is 18.3. The van der Waals surface area contributed by atoms with Gasteiger partial charge in [-0.3, -0.25) is 4.79 Å². The number of aryl methyl sites for hydroxylation is 1. The fourth-order valence-corrected chi connectivity index (χ4v) is 1.97. The smallest absolute Gasteiger partial charge is 0.319 e. The minimum absolute atomic E-state index is 0.0573. The predicted octanol–water partition coefficient (Wildman–Crippen LogP) is 3.40. The summed E-state index contributed by atoms with van der Waals surface area (Å²) in [6.45, 7) is 3.85. The van der Waals surface area contributed by atoms with Crippen LogP contribution in [0.15, 0.2) is 59.5 Å². The monoisotopic (exact) mass is 317 g/mol. The number of carbonyl (C=O) groups is 1. The third-order valence-corrected chi connectivity index (χ3v) is 3.20. The highest BCUT2D eigenvalue weighted by Crippen LogP contribution is 2.07. The van der Waals surface area contributed by atoms with E-state index in [1.807, 2.05) is 68.4 Å². The maximum absolute atomic E-state index is 10.9. The highest BCUT2D eigenvalue weighted by molar-refractivity contribution is 7.80. The molecule has 3 nitrogen and oxygen atoms in total. The predicted molar refractivity (Wildman–Crippen MR) is 93.2 cm³/mol. The van der Waals surface area contributed by atoms with Crippen molar-refractivity contribution in [2.45, 2.75) is 31.3 Å². The molecule has 22 heavy (non-hydrogen) atoms. The van der Waals surface area contributed by atoms with Crippen LogP contribution in [0.4, 0.5) is 0 Å². The number of carbonyl (C=O) groups excluding carboxylic acids is 1. The third-order valence-electron chi connectivity index (χ3n) is 2.90. The van der Waals surface area contributed by atoms with Crippen LogP contribution < -0.4 is 5.73 Å². The molecule has 2 N–H and O–H groups in total. The van der Waals surface area contributed by atoms with Crippen LogP contribution in [-0.4, -0.2) is 18.6 Å². The first-order chi connectivity index (χ1) is 10.5. The van der Waals surface area contributed by atoms with Crippen LogP contribution in [0.3, 0.4) is 0 Å². The second kappa shape index (κ2) is 10.0. The van der Waals surface area contributed by atoms with Gasteiger partial charge in [-0.15, -0.1) is 12.6 Å². The lowest BCUT2D eigenvalue weighted by Crippen LogP contribution is -2.23. The quantitative estimate of drug-likeness (QED) is 0.671. The SMILES string of the molecule is Cc1ccc(CC(C)OC(=O)CN)cc1.Sc1ccccc1. The highest BCUT2D eigenvalue weighted by Gasteiger charge is 2.08. The van der Waals surface area contributed by atoms with Crippen molar-refractivity contribution in [3.63, 3.8) is 0 Å². The lowest BCUT2D eigenvalue weighted by Gasteiger charge is -2.12. The van der Waals surface area contributed by atoms with Crippen molar-refractivity contribution >= 4 is 18.6 Å². The fraction of sp³-hybridized carbons (Fsp3) is 0.278. The first-order valence-electron chi connectivity index (χ1n) is 7.20. The molecule has 0 aliphatic heterocycles. The summed E-state index contributed by atoms with van der Waals surface area (Å²) in [6, 6.07) is 18.0. The fourth-order valence-electron chi connectivity index (χ4n) is 1.80. The van der Waals surface area contributed by atoms with Gasteiger partial charge in [0.1, 0.15) is 6.10 Å². The molecule has 0 amide bonds. The van der Waals surface area contributed by atoms with E-state index in [0.29, 0.717) is 0 Å². The highest BCUT2D eigenvalue weighted by atomic mass is 32.1. The van der Waals surface area contributed by atoms with E-state index in [1.54, 1.807) is 0 Å². The Kier molecular flexibility index (Phi) is 8.33. The number of esters is 1. The molecule has 0 fully saturated rings. The number of rotatable bonds is 4. The normalized spacial score (nSPS) is 11.1. The van der Waals surface area contributed by atoms with E-state index >= 15 is 0 Å². The van der Waals surface area contributed by atoms with Crippen molar-refractivity contribution in [1.29, 1.82) is 0 Å². The molecule has 0 aliphatic rings. The Balaban J connectivity index is 0.000000287. The van der Waals surface area contributed by atoms with Gasteiger partial charge in [-0.05, 0) is 31.5 Å². The summed E-state index contributed by atoms with van der Waals surface area (Å²) in [6.07, 6.45) is 0.607. The molecule has 4 heteroatoms. The minimum Gasteiger partial charge on any atom is -0.461 e. The van der Waals surface area contributed by atoms with Gasteiger partial charge < -0.3 is 10.5 Å². The summed E-state index contributed by atoms with van der Waals surface area (Å²) in [5.74, 6) is -0.352. The molecule has 1 atom stereocenters. The van der Waals surface area contributed by atoms with E-state index < -0.39 is 0 Å². The van der Waals surface area contributed by atoms with Gasteiger partial charge in [0.25, 0.3) is 0 Å². The molecule has 0 aromatic heterocycles. The lowest BCUT2D eigenvalue weighted by molar-refractivity contribution is -0.146. The second-order valence-electron chi connectivity index (χ2n) is 5.03.